The van der Waals surface area contributed by atoms with Crippen molar-refractivity contribution in [2.75, 3.05) is 32.8 Å². The smallest absolute Gasteiger partial charge is 0.283 e. The molecule has 0 unspecified atom stereocenters. The van der Waals surface area contributed by atoms with Crippen LogP contribution in [0.5, 0.6) is 0 Å². The van der Waals surface area contributed by atoms with E-state index in [-0.39, 0.29) is 24.2 Å². The van der Waals surface area contributed by atoms with E-state index < -0.39 is 0 Å². The van der Waals surface area contributed by atoms with E-state index in [1.54, 1.807) is 11.3 Å². The van der Waals surface area contributed by atoms with Crippen LogP contribution in [-0.2, 0) is 17.6 Å². The summed E-state index contributed by atoms with van der Waals surface area (Å²) in [7, 11) is 0. The Bertz CT molecular complexity index is 871. The average molecular weight is 442 g/mol. The number of amides is 1. The van der Waals surface area contributed by atoms with Crippen LogP contribution in [0.2, 0.25) is 0 Å². The number of aliphatic hydroxyl groups excluding tert-OH is 1. The van der Waals surface area contributed by atoms with Gasteiger partial charge in [-0.1, -0.05) is 30.3 Å². The number of rotatable bonds is 4. The lowest BCUT2D eigenvalue weighted by Gasteiger charge is -2.43. The van der Waals surface area contributed by atoms with Gasteiger partial charge in [0.05, 0.1) is 30.6 Å². The third-order valence-corrected chi connectivity index (χ3v) is 7.92. The van der Waals surface area contributed by atoms with E-state index in [0.717, 1.165) is 56.6 Å². The molecule has 1 aromatic heterocycles. The number of ether oxygens (including phenoxy) is 1. The van der Waals surface area contributed by atoms with Gasteiger partial charge in [0, 0.05) is 31.1 Å². The molecule has 2 saturated heterocycles. The Labute approximate surface area is 187 Å². The Hall–Kier alpha value is -1.80. The van der Waals surface area contributed by atoms with E-state index in [1.807, 2.05) is 23.1 Å². The Morgan fingerprint density at radius 3 is 2.68 bits per heavy atom. The van der Waals surface area contributed by atoms with E-state index >= 15 is 0 Å². The fourth-order valence-electron chi connectivity index (χ4n) is 5.08. The first-order valence-electron chi connectivity index (χ1n) is 11.6. The number of morpholine rings is 1. The fraction of sp³-hybridized carbons (Fsp3) is 0.583. The highest BCUT2D eigenvalue weighted by molar-refractivity contribution is 7.13. The number of aromatic nitrogens is 1. The lowest BCUT2D eigenvalue weighted by Crippen LogP contribution is -2.52. The van der Waals surface area contributed by atoms with Crippen LogP contribution < -0.4 is 0 Å². The molecule has 7 heteroatoms. The number of aliphatic hydroxyl groups is 1. The minimum absolute atomic E-state index is 0.0376. The lowest BCUT2D eigenvalue weighted by atomic mass is 9.96. The van der Waals surface area contributed by atoms with Gasteiger partial charge in [0.25, 0.3) is 5.91 Å². The second-order valence-electron chi connectivity index (χ2n) is 8.89. The van der Waals surface area contributed by atoms with Gasteiger partial charge in [0.2, 0.25) is 0 Å². The second-order valence-corrected chi connectivity index (χ2v) is 9.97. The topological polar surface area (TPSA) is 65.9 Å². The van der Waals surface area contributed by atoms with E-state index in [9.17, 15) is 9.90 Å². The van der Waals surface area contributed by atoms with E-state index in [4.69, 9.17) is 9.72 Å². The van der Waals surface area contributed by atoms with Crippen molar-refractivity contribution in [3.05, 3.63) is 51.5 Å². The monoisotopic (exact) mass is 441 g/mol. The zero-order valence-corrected chi connectivity index (χ0v) is 18.7. The largest absolute Gasteiger partial charge is 0.393 e. The molecule has 0 spiro atoms. The van der Waals surface area contributed by atoms with Crippen molar-refractivity contribution in [1.82, 2.24) is 14.8 Å². The predicted octanol–water partition coefficient (Wildman–Crippen LogP) is 3.06. The molecule has 1 amide bonds. The molecular weight excluding hydrogens is 410 g/mol. The number of likely N-dealkylation sites (tertiary alicyclic amines) is 1. The molecule has 3 heterocycles. The van der Waals surface area contributed by atoms with Crippen LogP contribution in [0.25, 0.3) is 0 Å². The highest BCUT2D eigenvalue weighted by Gasteiger charge is 2.39. The van der Waals surface area contributed by atoms with Crippen molar-refractivity contribution >= 4 is 17.2 Å². The van der Waals surface area contributed by atoms with Crippen molar-refractivity contribution in [3.8, 4) is 0 Å². The van der Waals surface area contributed by atoms with Crippen molar-refractivity contribution in [2.45, 2.75) is 56.8 Å². The first-order chi connectivity index (χ1) is 15.2. The van der Waals surface area contributed by atoms with Gasteiger partial charge in [-0.05, 0) is 44.1 Å². The minimum atomic E-state index is -0.192. The number of hydrogen-bond donors (Lipinski definition) is 1. The number of benzene rings is 1. The molecule has 166 valence electrons. The summed E-state index contributed by atoms with van der Waals surface area (Å²) in [6.07, 6.45) is 5.72. The molecular formula is C24H31N3O3S. The maximum atomic E-state index is 13.7. The van der Waals surface area contributed by atoms with Crippen molar-refractivity contribution < 1.29 is 14.6 Å². The van der Waals surface area contributed by atoms with Crippen molar-refractivity contribution in [2.24, 2.45) is 0 Å². The minimum Gasteiger partial charge on any atom is -0.393 e. The Morgan fingerprint density at radius 2 is 1.90 bits per heavy atom. The first kappa shape index (κ1) is 21.1. The number of fused-ring (bicyclic) bond motifs is 1. The normalized spacial score (nSPS) is 25.4. The molecule has 2 aliphatic heterocycles. The fourth-order valence-corrected chi connectivity index (χ4v) is 6.19. The predicted molar refractivity (Wildman–Crippen MR) is 120 cm³/mol. The van der Waals surface area contributed by atoms with Gasteiger partial charge in [-0.25, -0.2) is 4.98 Å². The molecule has 6 nitrogen and oxygen atoms in total. The molecule has 0 saturated carbocycles. The van der Waals surface area contributed by atoms with Crippen LogP contribution in [-0.4, -0.2) is 70.8 Å². The summed E-state index contributed by atoms with van der Waals surface area (Å²) in [6.45, 7) is 3.63. The number of hydrogen-bond acceptors (Lipinski definition) is 6. The highest BCUT2D eigenvalue weighted by atomic mass is 32.1. The summed E-state index contributed by atoms with van der Waals surface area (Å²) in [5.74, 6) is 0.0376. The molecule has 2 aromatic rings. The molecule has 1 aromatic carbocycles. The zero-order valence-electron chi connectivity index (χ0n) is 17.9. The number of carbonyl (C=O) groups excluding carboxylic acids is 1. The van der Waals surface area contributed by atoms with Gasteiger partial charge in [0.1, 0.15) is 0 Å². The molecule has 0 radical (unpaired) electrons. The number of thiazole rings is 1. The maximum Gasteiger partial charge on any atom is 0.283 e. The summed E-state index contributed by atoms with van der Waals surface area (Å²) in [6, 6.07) is 10.1. The molecule has 2 fully saturated rings. The Kier molecular flexibility index (Phi) is 6.36. The third kappa shape index (κ3) is 4.55. The first-order valence-corrected chi connectivity index (χ1v) is 12.4. The molecule has 0 bridgehead atoms. The number of aryl methyl sites for hydroxylation is 2. The summed E-state index contributed by atoms with van der Waals surface area (Å²) >= 11 is 1.59. The molecule has 1 aliphatic carbocycles. The van der Waals surface area contributed by atoms with Crippen molar-refractivity contribution in [1.29, 1.82) is 0 Å². The third-order valence-electron chi connectivity index (χ3n) is 6.78. The second kappa shape index (κ2) is 9.36. The van der Waals surface area contributed by atoms with Gasteiger partial charge in [-0.3, -0.25) is 4.79 Å². The van der Waals surface area contributed by atoms with Crippen LogP contribution >= 0.6 is 11.3 Å². The molecule has 5 rings (SSSR count). The van der Waals surface area contributed by atoms with Gasteiger partial charge in [-0.15, -0.1) is 11.3 Å². The highest BCUT2D eigenvalue weighted by Crippen LogP contribution is 2.34. The SMILES string of the molecule is O=C(c1nc2c(s1)CCCC2)N1CCO[C@@H](CN2CCC(O)CC2)[C@@H]1c1ccccc1. The van der Waals surface area contributed by atoms with Crippen LogP contribution in [0.15, 0.2) is 30.3 Å². The summed E-state index contributed by atoms with van der Waals surface area (Å²) < 4.78 is 6.26. The zero-order chi connectivity index (χ0) is 21.2. The number of piperidine rings is 1. The van der Waals surface area contributed by atoms with Crippen LogP contribution in [0.1, 0.15) is 57.7 Å². The number of carbonyl (C=O) groups is 1. The van der Waals surface area contributed by atoms with E-state index in [0.29, 0.717) is 18.2 Å². The van der Waals surface area contributed by atoms with Gasteiger partial charge in [-0.2, -0.15) is 0 Å². The van der Waals surface area contributed by atoms with Crippen LogP contribution in [0.3, 0.4) is 0 Å². The molecule has 2 atom stereocenters. The van der Waals surface area contributed by atoms with Gasteiger partial charge >= 0.3 is 0 Å². The maximum absolute atomic E-state index is 13.7. The molecule has 31 heavy (non-hydrogen) atoms. The summed E-state index contributed by atoms with van der Waals surface area (Å²) in [5, 5.41) is 10.5. The van der Waals surface area contributed by atoms with Crippen LogP contribution in [0, 0.1) is 0 Å². The quantitative estimate of drug-likeness (QED) is 0.790. The standard InChI is InChI=1S/C24H31N3O3S/c28-18-10-12-26(13-11-18)16-20-22(17-6-2-1-3-7-17)27(14-15-30-20)24(29)23-25-19-8-4-5-9-21(19)31-23/h1-3,6-7,18,20,22,28H,4-5,8-16H2/t20-,22-/m0/s1. The average Bonchev–Trinajstić information content (AvgIpc) is 3.25. The summed E-state index contributed by atoms with van der Waals surface area (Å²) in [4.78, 5) is 24.1. The van der Waals surface area contributed by atoms with E-state index in [2.05, 4.69) is 17.0 Å². The van der Waals surface area contributed by atoms with E-state index in [1.165, 1.54) is 17.7 Å². The molecule has 3 aliphatic rings. The Morgan fingerprint density at radius 1 is 1.13 bits per heavy atom. The van der Waals surface area contributed by atoms with Crippen molar-refractivity contribution in [3.63, 3.8) is 0 Å². The van der Waals surface area contributed by atoms with Crippen LogP contribution in [0.4, 0.5) is 0 Å². The molecule has 1 N–H and O–H groups in total. The summed E-state index contributed by atoms with van der Waals surface area (Å²) in [5.41, 5.74) is 2.24. The van der Waals surface area contributed by atoms with Gasteiger partial charge < -0.3 is 19.6 Å². The van der Waals surface area contributed by atoms with Gasteiger partial charge in [0.15, 0.2) is 5.01 Å². The number of nitrogens with zero attached hydrogens (tertiary/aromatic N) is 3. The lowest BCUT2D eigenvalue weighted by molar-refractivity contribution is -0.0770. The Balaban J connectivity index is 1.41.